The minimum absolute atomic E-state index is 0.426. The average molecular weight is 204 g/mol. The molecule has 0 saturated heterocycles. The third-order valence-corrected chi connectivity index (χ3v) is 2.81. The molecule has 1 heteroatoms. The summed E-state index contributed by atoms with van der Waals surface area (Å²) >= 11 is 0. The first kappa shape index (κ1) is 12.0. The van der Waals surface area contributed by atoms with Crippen LogP contribution in [0.25, 0.3) is 0 Å². The molecule has 0 fully saturated rings. The molecule has 0 bridgehead atoms. The van der Waals surface area contributed by atoms with Crippen LogP contribution >= 0.6 is 0 Å². The summed E-state index contributed by atoms with van der Waals surface area (Å²) in [6.07, 6.45) is 6.57. The number of hydrogen-bond acceptors (Lipinski definition) is 1. The van der Waals surface area contributed by atoms with Crippen LogP contribution in [0.3, 0.4) is 0 Å². The lowest BCUT2D eigenvalue weighted by Crippen LogP contribution is -1.99. The number of rotatable bonds is 7. The van der Waals surface area contributed by atoms with E-state index in [-0.39, 0.29) is 0 Å². The van der Waals surface area contributed by atoms with E-state index < -0.39 is 0 Å². The molecule has 1 aromatic carbocycles. The monoisotopic (exact) mass is 204 g/mol. The van der Waals surface area contributed by atoms with E-state index in [9.17, 15) is 4.79 Å². The van der Waals surface area contributed by atoms with Crippen LogP contribution in [0.4, 0.5) is 0 Å². The van der Waals surface area contributed by atoms with E-state index in [1.165, 1.54) is 24.8 Å². The van der Waals surface area contributed by atoms with Gasteiger partial charge in [0.15, 0.2) is 0 Å². The maximum Gasteiger partial charge on any atom is 0.120 e. The first-order valence-corrected chi connectivity index (χ1v) is 5.87. The Morgan fingerprint density at radius 3 is 2.53 bits per heavy atom. The van der Waals surface area contributed by atoms with E-state index in [0.717, 1.165) is 12.7 Å². The molecular formula is C14H20O. The lowest BCUT2D eigenvalue weighted by Gasteiger charge is -2.14. The standard InChI is InChI=1S/C14H20O/c1-2-3-5-8-14(11-12-15)13-9-6-4-7-10-13/h4,6-7,9-10,12,14H,2-3,5,8,11H2,1H3. The van der Waals surface area contributed by atoms with Crippen LogP contribution in [0.15, 0.2) is 30.3 Å². The Morgan fingerprint density at radius 2 is 1.93 bits per heavy atom. The molecule has 0 aliphatic heterocycles. The predicted molar refractivity (Wildman–Crippen MR) is 64.0 cm³/mol. The summed E-state index contributed by atoms with van der Waals surface area (Å²) < 4.78 is 0. The van der Waals surface area contributed by atoms with Crippen molar-refractivity contribution in [1.29, 1.82) is 0 Å². The molecule has 0 saturated carbocycles. The van der Waals surface area contributed by atoms with Crippen molar-refractivity contribution in [2.24, 2.45) is 0 Å². The number of benzene rings is 1. The normalized spacial score (nSPS) is 12.3. The number of hydrogen-bond donors (Lipinski definition) is 0. The summed E-state index contributed by atoms with van der Waals surface area (Å²) in [4.78, 5) is 10.6. The zero-order chi connectivity index (χ0) is 10.9. The maximum atomic E-state index is 10.6. The Kier molecular flexibility index (Phi) is 5.76. The Bertz CT molecular complexity index is 266. The number of carbonyl (C=O) groups excluding carboxylic acids is 1. The van der Waals surface area contributed by atoms with E-state index in [2.05, 4.69) is 19.1 Å². The molecule has 0 heterocycles. The van der Waals surface area contributed by atoms with Gasteiger partial charge in [-0.3, -0.25) is 0 Å². The van der Waals surface area contributed by atoms with E-state index in [4.69, 9.17) is 0 Å². The molecule has 0 aliphatic carbocycles. The molecule has 0 radical (unpaired) electrons. The van der Waals surface area contributed by atoms with Crippen LogP contribution in [-0.4, -0.2) is 6.29 Å². The predicted octanol–water partition coefficient (Wildman–Crippen LogP) is 3.94. The molecule has 0 aliphatic rings. The first-order valence-electron chi connectivity index (χ1n) is 5.87. The van der Waals surface area contributed by atoms with Crippen LogP contribution in [0.5, 0.6) is 0 Å². The second-order valence-electron chi connectivity index (χ2n) is 4.01. The van der Waals surface area contributed by atoms with Gasteiger partial charge in [-0.05, 0) is 17.9 Å². The van der Waals surface area contributed by atoms with Crippen molar-refractivity contribution in [2.45, 2.75) is 44.9 Å². The van der Waals surface area contributed by atoms with Gasteiger partial charge < -0.3 is 4.79 Å². The molecule has 15 heavy (non-hydrogen) atoms. The largest absolute Gasteiger partial charge is 0.303 e. The highest BCUT2D eigenvalue weighted by molar-refractivity contribution is 5.51. The first-order chi connectivity index (χ1) is 7.38. The Balaban J connectivity index is 2.53. The number of aldehydes is 1. The summed E-state index contributed by atoms with van der Waals surface area (Å²) in [6, 6.07) is 10.4. The molecule has 0 spiro atoms. The van der Waals surface area contributed by atoms with Gasteiger partial charge in [-0.2, -0.15) is 0 Å². The summed E-state index contributed by atoms with van der Waals surface area (Å²) in [5, 5.41) is 0. The molecule has 1 nitrogen and oxygen atoms in total. The Labute approximate surface area is 92.5 Å². The second-order valence-corrected chi connectivity index (χ2v) is 4.01. The highest BCUT2D eigenvalue weighted by Gasteiger charge is 2.09. The lowest BCUT2D eigenvalue weighted by molar-refractivity contribution is -0.108. The fourth-order valence-corrected chi connectivity index (χ4v) is 1.90. The highest BCUT2D eigenvalue weighted by atomic mass is 16.1. The molecule has 1 aromatic rings. The van der Waals surface area contributed by atoms with Gasteiger partial charge in [0.1, 0.15) is 6.29 Å². The quantitative estimate of drug-likeness (QED) is 0.485. The van der Waals surface area contributed by atoms with Crippen LogP contribution in [0.1, 0.15) is 50.5 Å². The fraction of sp³-hybridized carbons (Fsp3) is 0.500. The van der Waals surface area contributed by atoms with Crippen LogP contribution in [0, 0.1) is 0 Å². The van der Waals surface area contributed by atoms with Crippen molar-refractivity contribution in [3.8, 4) is 0 Å². The minimum atomic E-state index is 0.426. The zero-order valence-corrected chi connectivity index (χ0v) is 9.49. The molecule has 1 rings (SSSR count). The third-order valence-electron chi connectivity index (χ3n) is 2.81. The van der Waals surface area contributed by atoms with Gasteiger partial charge in [0, 0.05) is 6.42 Å². The van der Waals surface area contributed by atoms with Crippen LogP contribution in [0.2, 0.25) is 0 Å². The molecule has 0 aromatic heterocycles. The summed E-state index contributed by atoms with van der Waals surface area (Å²) in [5.41, 5.74) is 1.31. The SMILES string of the molecule is CCCCCC(CC=O)c1ccccc1. The van der Waals surface area contributed by atoms with Crippen molar-refractivity contribution in [3.63, 3.8) is 0 Å². The van der Waals surface area contributed by atoms with E-state index in [1.807, 2.05) is 18.2 Å². The second kappa shape index (κ2) is 7.22. The third kappa shape index (κ3) is 4.28. The van der Waals surface area contributed by atoms with Crippen molar-refractivity contribution >= 4 is 6.29 Å². The Hall–Kier alpha value is -1.11. The molecule has 1 unspecified atom stereocenters. The van der Waals surface area contributed by atoms with Gasteiger partial charge >= 0.3 is 0 Å². The van der Waals surface area contributed by atoms with Gasteiger partial charge in [-0.15, -0.1) is 0 Å². The van der Waals surface area contributed by atoms with E-state index >= 15 is 0 Å². The molecule has 0 N–H and O–H groups in total. The number of unbranched alkanes of at least 4 members (excludes halogenated alkanes) is 2. The van der Waals surface area contributed by atoms with Gasteiger partial charge in [-0.25, -0.2) is 0 Å². The van der Waals surface area contributed by atoms with Crippen LogP contribution < -0.4 is 0 Å². The van der Waals surface area contributed by atoms with Crippen molar-refractivity contribution in [1.82, 2.24) is 0 Å². The molecule has 82 valence electrons. The highest BCUT2D eigenvalue weighted by Crippen LogP contribution is 2.24. The molecular weight excluding hydrogens is 184 g/mol. The topological polar surface area (TPSA) is 17.1 Å². The van der Waals surface area contributed by atoms with E-state index in [1.54, 1.807) is 0 Å². The summed E-state index contributed by atoms with van der Waals surface area (Å²) in [7, 11) is 0. The van der Waals surface area contributed by atoms with Crippen molar-refractivity contribution in [2.75, 3.05) is 0 Å². The van der Waals surface area contributed by atoms with E-state index in [0.29, 0.717) is 12.3 Å². The summed E-state index contributed by atoms with van der Waals surface area (Å²) in [5.74, 6) is 0.426. The van der Waals surface area contributed by atoms with Crippen molar-refractivity contribution in [3.05, 3.63) is 35.9 Å². The number of carbonyl (C=O) groups is 1. The van der Waals surface area contributed by atoms with Crippen molar-refractivity contribution < 1.29 is 4.79 Å². The van der Waals surface area contributed by atoms with Crippen LogP contribution in [-0.2, 0) is 4.79 Å². The maximum absolute atomic E-state index is 10.6. The minimum Gasteiger partial charge on any atom is -0.303 e. The lowest BCUT2D eigenvalue weighted by atomic mass is 9.91. The smallest absolute Gasteiger partial charge is 0.120 e. The molecule has 0 amide bonds. The fourth-order valence-electron chi connectivity index (χ4n) is 1.90. The molecule has 1 atom stereocenters. The van der Waals surface area contributed by atoms with Gasteiger partial charge in [0.25, 0.3) is 0 Å². The zero-order valence-electron chi connectivity index (χ0n) is 9.49. The van der Waals surface area contributed by atoms with Gasteiger partial charge in [0.2, 0.25) is 0 Å². The van der Waals surface area contributed by atoms with Gasteiger partial charge in [-0.1, -0.05) is 56.5 Å². The summed E-state index contributed by atoms with van der Waals surface area (Å²) in [6.45, 7) is 2.21. The average Bonchev–Trinajstić information content (AvgIpc) is 2.29. The van der Waals surface area contributed by atoms with Gasteiger partial charge in [0.05, 0.1) is 0 Å². The Morgan fingerprint density at radius 1 is 1.20 bits per heavy atom.